The standard InChI is InChI=1S/C21H27N3O4/c1-4-6-14-24-18-10-8-7-9-16(18)23-17(21(24)27)11-12-19(25)28-15(3)20(26)22-13-5-2/h5,7-10,15H,2,4,6,11-14H2,1,3H3,(H,22,26)/t15-/m1/s1. The number of ether oxygens (including phenoxy) is 1. The van der Waals surface area contributed by atoms with Crippen molar-refractivity contribution >= 4 is 22.9 Å². The van der Waals surface area contributed by atoms with Gasteiger partial charge in [0, 0.05) is 19.5 Å². The Balaban J connectivity index is 2.10. The highest BCUT2D eigenvalue weighted by Gasteiger charge is 2.18. The summed E-state index contributed by atoms with van der Waals surface area (Å²) >= 11 is 0. The maximum absolute atomic E-state index is 12.8. The van der Waals surface area contributed by atoms with Crippen LogP contribution in [0.1, 0.15) is 38.8 Å². The number of carbonyl (C=O) groups is 2. The van der Waals surface area contributed by atoms with Gasteiger partial charge >= 0.3 is 5.97 Å². The normalized spacial score (nSPS) is 11.8. The van der Waals surface area contributed by atoms with E-state index in [0.29, 0.717) is 18.8 Å². The fourth-order valence-electron chi connectivity index (χ4n) is 2.79. The van der Waals surface area contributed by atoms with Crippen molar-refractivity contribution in [3.05, 3.63) is 53.0 Å². The quantitative estimate of drug-likeness (QED) is 0.501. The Labute approximate surface area is 164 Å². The Kier molecular flexibility index (Phi) is 7.92. The monoisotopic (exact) mass is 385 g/mol. The largest absolute Gasteiger partial charge is 0.453 e. The smallest absolute Gasteiger partial charge is 0.306 e. The van der Waals surface area contributed by atoms with Gasteiger partial charge in [-0.1, -0.05) is 31.6 Å². The van der Waals surface area contributed by atoms with E-state index in [4.69, 9.17) is 4.74 Å². The lowest BCUT2D eigenvalue weighted by molar-refractivity contribution is -0.154. The Morgan fingerprint density at radius 3 is 2.82 bits per heavy atom. The number of nitrogens with zero attached hydrogens (tertiary/aromatic N) is 2. The van der Waals surface area contributed by atoms with E-state index in [1.807, 2.05) is 24.3 Å². The predicted molar refractivity (Wildman–Crippen MR) is 108 cm³/mol. The summed E-state index contributed by atoms with van der Waals surface area (Å²) in [5.41, 5.74) is 1.66. The van der Waals surface area contributed by atoms with Crippen LogP contribution in [-0.2, 0) is 27.3 Å². The Hall–Kier alpha value is -2.96. The molecule has 150 valence electrons. The number of hydrogen-bond donors (Lipinski definition) is 1. The minimum absolute atomic E-state index is 0.0204. The third-order valence-corrected chi connectivity index (χ3v) is 4.32. The molecule has 1 heterocycles. The number of hydrogen-bond acceptors (Lipinski definition) is 5. The van der Waals surface area contributed by atoms with Gasteiger partial charge in [0.15, 0.2) is 6.10 Å². The molecule has 1 N–H and O–H groups in total. The van der Waals surface area contributed by atoms with Gasteiger partial charge in [-0.25, -0.2) is 4.98 Å². The molecule has 7 heteroatoms. The Bertz CT molecular complexity index is 904. The second-order valence-corrected chi connectivity index (χ2v) is 6.52. The number of benzene rings is 1. The van der Waals surface area contributed by atoms with Gasteiger partial charge in [0.05, 0.1) is 17.5 Å². The number of rotatable bonds is 10. The summed E-state index contributed by atoms with van der Waals surface area (Å²) in [5, 5.41) is 2.57. The molecule has 0 aliphatic heterocycles. The van der Waals surface area contributed by atoms with Crippen LogP contribution in [0.4, 0.5) is 0 Å². The number of amides is 1. The van der Waals surface area contributed by atoms with Gasteiger partial charge < -0.3 is 14.6 Å². The topological polar surface area (TPSA) is 90.3 Å². The summed E-state index contributed by atoms with van der Waals surface area (Å²) in [6, 6.07) is 7.47. The van der Waals surface area contributed by atoms with Crippen LogP contribution >= 0.6 is 0 Å². The summed E-state index contributed by atoms with van der Waals surface area (Å²) in [7, 11) is 0. The number of esters is 1. The third kappa shape index (κ3) is 5.52. The molecule has 2 rings (SSSR count). The number of carbonyl (C=O) groups excluding carboxylic acids is 2. The fraction of sp³-hybridized carbons (Fsp3) is 0.429. The van der Waals surface area contributed by atoms with Crippen LogP contribution in [0.2, 0.25) is 0 Å². The molecule has 7 nitrogen and oxygen atoms in total. The van der Waals surface area contributed by atoms with E-state index in [1.54, 1.807) is 10.6 Å². The van der Waals surface area contributed by atoms with Crippen molar-refractivity contribution in [1.82, 2.24) is 14.9 Å². The molecule has 28 heavy (non-hydrogen) atoms. The van der Waals surface area contributed by atoms with Crippen molar-refractivity contribution in [1.29, 1.82) is 0 Å². The van der Waals surface area contributed by atoms with Gasteiger partial charge in [0.25, 0.3) is 11.5 Å². The second kappa shape index (κ2) is 10.4. The van der Waals surface area contributed by atoms with Gasteiger partial charge in [-0.2, -0.15) is 0 Å². The third-order valence-electron chi connectivity index (χ3n) is 4.32. The summed E-state index contributed by atoms with van der Waals surface area (Å²) in [5.74, 6) is -0.935. The molecule has 1 amide bonds. The van der Waals surface area contributed by atoms with Gasteiger partial charge in [0.1, 0.15) is 5.69 Å². The van der Waals surface area contributed by atoms with Crippen molar-refractivity contribution < 1.29 is 14.3 Å². The maximum Gasteiger partial charge on any atom is 0.306 e. The zero-order valence-corrected chi connectivity index (χ0v) is 16.4. The molecule has 1 aromatic carbocycles. The van der Waals surface area contributed by atoms with Gasteiger partial charge in [-0.05, 0) is 25.5 Å². The van der Waals surface area contributed by atoms with E-state index >= 15 is 0 Å². The minimum atomic E-state index is -0.904. The van der Waals surface area contributed by atoms with Crippen molar-refractivity contribution in [2.45, 2.75) is 52.2 Å². The lowest BCUT2D eigenvalue weighted by atomic mass is 10.2. The van der Waals surface area contributed by atoms with Crippen molar-refractivity contribution in [3.8, 4) is 0 Å². The Morgan fingerprint density at radius 1 is 1.36 bits per heavy atom. The number of unbranched alkanes of at least 4 members (excludes halogenated alkanes) is 1. The van der Waals surface area contributed by atoms with Crippen LogP contribution in [0.3, 0.4) is 0 Å². The van der Waals surface area contributed by atoms with E-state index in [1.165, 1.54) is 6.92 Å². The van der Waals surface area contributed by atoms with Gasteiger partial charge in [0.2, 0.25) is 0 Å². The van der Waals surface area contributed by atoms with Crippen molar-refractivity contribution in [3.63, 3.8) is 0 Å². The molecule has 0 spiro atoms. The number of nitrogens with one attached hydrogen (secondary N) is 1. The summed E-state index contributed by atoms with van der Waals surface area (Å²) in [6.45, 7) is 7.99. The molecule has 0 bridgehead atoms. The van der Waals surface area contributed by atoms with Crippen LogP contribution in [0.15, 0.2) is 41.7 Å². The van der Waals surface area contributed by atoms with E-state index in [-0.39, 0.29) is 24.3 Å². The first kappa shape index (κ1) is 21.3. The molecule has 0 fully saturated rings. The maximum atomic E-state index is 12.8. The number of aromatic nitrogens is 2. The molecule has 0 radical (unpaired) electrons. The van der Waals surface area contributed by atoms with E-state index in [2.05, 4.69) is 23.8 Å². The summed E-state index contributed by atoms with van der Waals surface area (Å²) in [4.78, 5) is 41.1. The molecule has 0 aliphatic rings. The fourth-order valence-corrected chi connectivity index (χ4v) is 2.79. The zero-order chi connectivity index (χ0) is 20.5. The van der Waals surface area contributed by atoms with E-state index in [9.17, 15) is 14.4 Å². The summed E-state index contributed by atoms with van der Waals surface area (Å²) in [6.07, 6.45) is 2.63. The van der Waals surface area contributed by atoms with Crippen LogP contribution in [0, 0.1) is 0 Å². The highest BCUT2D eigenvalue weighted by atomic mass is 16.5. The van der Waals surface area contributed by atoms with Crippen LogP contribution in [-0.4, -0.2) is 34.1 Å². The molecule has 0 saturated heterocycles. The van der Waals surface area contributed by atoms with Crippen molar-refractivity contribution in [2.24, 2.45) is 0 Å². The zero-order valence-electron chi connectivity index (χ0n) is 16.4. The van der Waals surface area contributed by atoms with Gasteiger partial charge in [-0.3, -0.25) is 14.4 Å². The first-order valence-corrected chi connectivity index (χ1v) is 9.54. The number of para-hydroxylation sites is 2. The molecular weight excluding hydrogens is 358 g/mol. The molecular formula is C21H27N3O4. The Morgan fingerprint density at radius 2 is 2.11 bits per heavy atom. The highest BCUT2D eigenvalue weighted by molar-refractivity contribution is 5.83. The van der Waals surface area contributed by atoms with Crippen molar-refractivity contribution in [2.75, 3.05) is 6.54 Å². The average Bonchev–Trinajstić information content (AvgIpc) is 2.69. The van der Waals surface area contributed by atoms with Crippen LogP contribution in [0.25, 0.3) is 11.0 Å². The molecule has 0 unspecified atom stereocenters. The molecule has 0 saturated carbocycles. The first-order valence-electron chi connectivity index (χ1n) is 9.54. The minimum Gasteiger partial charge on any atom is -0.453 e. The SMILES string of the molecule is C=CCNC(=O)[C@@H](C)OC(=O)CCc1nc2ccccc2n(CCCC)c1=O. The lowest BCUT2D eigenvalue weighted by Crippen LogP contribution is -2.36. The average molecular weight is 385 g/mol. The lowest BCUT2D eigenvalue weighted by Gasteiger charge is -2.13. The van der Waals surface area contributed by atoms with E-state index < -0.39 is 12.1 Å². The van der Waals surface area contributed by atoms with Crippen LogP contribution < -0.4 is 10.9 Å². The number of aryl methyl sites for hydroxylation is 2. The molecule has 0 aliphatic carbocycles. The first-order chi connectivity index (χ1) is 13.5. The molecule has 2 aromatic rings. The van der Waals surface area contributed by atoms with E-state index in [0.717, 1.165) is 23.9 Å². The van der Waals surface area contributed by atoms with Gasteiger partial charge in [-0.15, -0.1) is 6.58 Å². The summed E-state index contributed by atoms with van der Waals surface area (Å²) < 4.78 is 6.85. The number of fused-ring (bicyclic) bond motifs is 1. The highest BCUT2D eigenvalue weighted by Crippen LogP contribution is 2.12. The molecule has 1 atom stereocenters. The van der Waals surface area contributed by atoms with Crippen LogP contribution in [0.5, 0.6) is 0 Å². The molecule has 1 aromatic heterocycles. The predicted octanol–water partition coefficient (Wildman–Crippen LogP) is 2.36. The second-order valence-electron chi connectivity index (χ2n) is 6.52.